The van der Waals surface area contributed by atoms with Crippen LogP contribution in [0.2, 0.25) is 5.28 Å². The van der Waals surface area contributed by atoms with E-state index in [1.807, 2.05) is 0 Å². The fraction of sp³-hybridized carbons (Fsp3) is 0.0769. The van der Waals surface area contributed by atoms with Crippen LogP contribution < -0.4 is 0 Å². The van der Waals surface area contributed by atoms with Crippen molar-refractivity contribution in [2.45, 2.75) is 6.92 Å². The summed E-state index contributed by atoms with van der Waals surface area (Å²) in [6.45, 7) is 1.81. The van der Waals surface area contributed by atoms with Gasteiger partial charge in [0, 0.05) is 11.1 Å². The molecule has 3 nitrogen and oxygen atoms in total. The van der Waals surface area contributed by atoms with Crippen molar-refractivity contribution in [3.63, 3.8) is 0 Å². The van der Waals surface area contributed by atoms with Crippen LogP contribution in [0.3, 0.4) is 0 Å². The van der Waals surface area contributed by atoms with Gasteiger partial charge in [0.05, 0.1) is 0 Å². The van der Waals surface area contributed by atoms with E-state index in [0.717, 1.165) is 5.69 Å². The molecule has 3 aromatic rings. The molecule has 0 saturated heterocycles. The number of halogens is 2. The molecule has 0 radical (unpaired) electrons. The van der Waals surface area contributed by atoms with Gasteiger partial charge in [-0.25, -0.2) is 14.4 Å². The highest BCUT2D eigenvalue weighted by atomic mass is 35.5. The van der Waals surface area contributed by atoms with Crippen molar-refractivity contribution in [1.29, 1.82) is 0 Å². The molecule has 0 unspecified atom stereocenters. The number of hydrogen-bond donors (Lipinski definition) is 0. The molecule has 0 aliphatic heterocycles. The van der Waals surface area contributed by atoms with Gasteiger partial charge in [0.25, 0.3) is 0 Å². The van der Waals surface area contributed by atoms with Crippen molar-refractivity contribution in [1.82, 2.24) is 9.97 Å². The first-order valence-corrected chi connectivity index (χ1v) is 5.71. The predicted molar refractivity (Wildman–Crippen MR) is 66.9 cm³/mol. The Bertz CT molecular complexity index is 719. The summed E-state index contributed by atoms with van der Waals surface area (Å²) in [5.74, 6) is 0.0816. The summed E-state index contributed by atoms with van der Waals surface area (Å²) in [6, 6.07) is 8.24. The van der Waals surface area contributed by atoms with E-state index in [1.165, 1.54) is 6.07 Å². The fourth-order valence-corrected chi connectivity index (χ4v) is 2.04. The normalized spacial score (nSPS) is 11.1. The minimum Gasteiger partial charge on any atom is -0.451 e. The average molecular weight is 263 g/mol. The summed E-state index contributed by atoms with van der Waals surface area (Å²) >= 11 is 5.79. The minimum atomic E-state index is -0.393. The maximum atomic E-state index is 13.5. The Morgan fingerprint density at radius 3 is 2.78 bits per heavy atom. The molecule has 0 atom stereocenters. The SMILES string of the molecule is Cc1cc(-c2cc3cccc(F)c3o2)nc(Cl)n1. The molecule has 0 aliphatic carbocycles. The van der Waals surface area contributed by atoms with Crippen LogP contribution in [0.4, 0.5) is 4.39 Å². The summed E-state index contributed by atoms with van der Waals surface area (Å²) in [4.78, 5) is 8.04. The fourth-order valence-electron chi connectivity index (χ4n) is 1.81. The van der Waals surface area contributed by atoms with Gasteiger partial charge >= 0.3 is 0 Å². The molecule has 0 amide bonds. The van der Waals surface area contributed by atoms with Crippen molar-refractivity contribution in [3.8, 4) is 11.5 Å². The van der Waals surface area contributed by atoms with Gasteiger partial charge in [0.1, 0.15) is 5.69 Å². The topological polar surface area (TPSA) is 38.9 Å². The number of benzene rings is 1. The summed E-state index contributed by atoms with van der Waals surface area (Å²) < 4.78 is 19.0. The van der Waals surface area contributed by atoms with Gasteiger partial charge in [-0.05, 0) is 36.7 Å². The van der Waals surface area contributed by atoms with Crippen molar-refractivity contribution in [2.75, 3.05) is 0 Å². The van der Waals surface area contributed by atoms with Gasteiger partial charge in [0.15, 0.2) is 17.2 Å². The molecule has 18 heavy (non-hydrogen) atoms. The summed E-state index contributed by atoms with van der Waals surface area (Å²) in [6.07, 6.45) is 0. The van der Waals surface area contributed by atoms with Crippen LogP contribution in [0.15, 0.2) is 34.7 Å². The highest BCUT2D eigenvalue weighted by Gasteiger charge is 2.11. The van der Waals surface area contributed by atoms with E-state index in [1.54, 1.807) is 31.2 Å². The molecule has 2 heterocycles. The number of fused-ring (bicyclic) bond motifs is 1. The maximum Gasteiger partial charge on any atom is 0.223 e. The maximum absolute atomic E-state index is 13.5. The smallest absolute Gasteiger partial charge is 0.223 e. The zero-order chi connectivity index (χ0) is 12.7. The third kappa shape index (κ3) is 1.84. The molecular weight excluding hydrogens is 255 g/mol. The predicted octanol–water partition coefficient (Wildman–Crippen LogP) is 3.99. The lowest BCUT2D eigenvalue weighted by molar-refractivity contribution is 0.567. The first-order valence-electron chi connectivity index (χ1n) is 5.33. The van der Waals surface area contributed by atoms with Crippen LogP contribution >= 0.6 is 11.6 Å². The Balaban J connectivity index is 2.22. The lowest BCUT2D eigenvalue weighted by Crippen LogP contribution is -1.89. The van der Waals surface area contributed by atoms with Crippen LogP contribution in [-0.4, -0.2) is 9.97 Å². The standard InChI is InChI=1S/C13H8ClFN2O/c1-7-5-10(17-13(14)16-7)11-6-8-3-2-4-9(15)12(8)18-11/h2-6H,1H3. The van der Waals surface area contributed by atoms with Crippen LogP contribution in [-0.2, 0) is 0 Å². The van der Waals surface area contributed by atoms with E-state index in [9.17, 15) is 4.39 Å². The minimum absolute atomic E-state index is 0.144. The van der Waals surface area contributed by atoms with Gasteiger partial charge in [-0.2, -0.15) is 0 Å². The van der Waals surface area contributed by atoms with Crippen LogP contribution in [0.5, 0.6) is 0 Å². The van der Waals surface area contributed by atoms with Gasteiger partial charge in [-0.15, -0.1) is 0 Å². The number of aryl methyl sites for hydroxylation is 1. The number of para-hydroxylation sites is 1. The number of furan rings is 1. The van der Waals surface area contributed by atoms with E-state index in [-0.39, 0.29) is 10.9 Å². The molecule has 1 aromatic carbocycles. The number of aromatic nitrogens is 2. The zero-order valence-corrected chi connectivity index (χ0v) is 10.2. The Kier molecular flexibility index (Phi) is 2.52. The van der Waals surface area contributed by atoms with E-state index < -0.39 is 5.82 Å². The first-order chi connectivity index (χ1) is 8.63. The highest BCUT2D eigenvalue weighted by molar-refractivity contribution is 6.28. The molecular formula is C13H8ClFN2O. The van der Waals surface area contributed by atoms with Gasteiger partial charge in [-0.1, -0.05) is 12.1 Å². The van der Waals surface area contributed by atoms with Gasteiger partial charge in [-0.3, -0.25) is 0 Å². The van der Waals surface area contributed by atoms with Crippen molar-refractivity contribution in [3.05, 3.63) is 47.1 Å². The van der Waals surface area contributed by atoms with Crippen LogP contribution in [0.25, 0.3) is 22.4 Å². The molecule has 0 fully saturated rings. The Hall–Kier alpha value is -1.94. The van der Waals surface area contributed by atoms with Crippen LogP contribution in [0, 0.1) is 12.7 Å². The molecule has 0 aliphatic rings. The lowest BCUT2D eigenvalue weighted by Gasteiger charge is -1.98. The van der Waals surface area contributed by atoms with E-state index in [2.05, 4.69) is 9.97 Å². The number of nitrogens with zero attached hydrogens (tertiary/aromatic N) is 2. The van der Waals surface area contributed by atoms with Crippen molar-refractivity contribution >= 4 is 22.6 Å². The number of hydrogen-bond acceptors (Lipinski definition) is 3. The largest absolute Gasteiger partial charge is 0.451 e. The summed E-state index contributed by atoms with van der Waals surface area (Å²) in [7, 11) is 0. The van der Waals surface area contributed by atoms with Crippen LogP contribution in [0.1, 0.15) is 5.69 Å². The van der Waals surface area contributed by atoms with Gasteiger partial charge in [0.2, 0.25) is 5.28 Å². The molecule has 0 saturated carbocycles. The molecule has 0 N–H and O–H groups in total. The summed E-state index contributed by atoms with van der Waals surface area (Å²) in [5.41, 5.74) is 1.49. The molecule has 3 rings (SSSR count). The lowest BCUT2D eigenvalue weighted by atomic mass is 10.2. The second kappa shape index (κ2) is 4.07. The van der Waals surface area contributed by atoms with E-state index >= 15 is 0 Å². The van der Waals surface area contributed by atoms with E-state index in [0.29, 0.717) is 16.8 Å². The second-order valence-corrected chi connectivity index (χ2v) is 4.27. The Labute approximate surface area is 107 Å². The quantitative estimate of drug-likeness (QED) is 0.623. The Morgan fingerprint density at radius 1 is 1.22 bits per heavy atom. The Morgan fingerprint density at radius 2 is 2.06 bits per heavy atom. The molecule has 2 aromatic heterocycles. The highest BCUT2D eigenvalue weighted by Crippen LogP contribution is 2.28. The van der Waals surface area contributed by atoms with Crippen molar-refractivity contribution < 1.29 is 8.81 Å². The van der Waals surface area contributed by atoms with Crippen molar-refractivity contribution in [2.24, 2.45) is 0 Å². The average Bonchev–Trinajstić information content (AvgIpc) is 2.73. The summed E-state index contributed by atoms with van der Waals surface area (Å²) in [5, 5.41) is 0.836. The first kappa shape index (κ1) is 11.2. The molecule has 0 bridgehead atoms. The monoisotopic (exact) mass is 262 g/mol. The zero-order valence-electron chi connectivity index (χ0n) is 9.45. The molecule has 0 spiro atoms. The molecule has 90 valence electrons. The second-order valence-electron chi connectivity index (χ2n) is 3.93. The third-order valence-electron chi connectivity index (χ3n) is 2.58. The van der Waals surface area contributed by atoms with Gasteiger partial charge < -0.3 is 4.42 Å². The number of rotatable bonds is 1. The van der Waals surface area contributed by atoms with E-state index in [4.69, 9.17) is 16.0 Å². The molecule has 5 heteroatoms. The third-order valence-corrected chi connectivity index (χ3v) is 2.74.